The maximum Gasteiger partial charge on any atom is 0.228 e. The van der Waals surface area contributed by atoms with Crippen LogP contribution in [-0.2, 0) is 17.9 Å². The summed E-state index contributed by atoms with van der Waals surface area (Å²) < 4.78 is 14.8. The molecule has 1 amide bonds. The Morgan fingerprint density at radius 1 is 1.16 bits per heavy atom. The van der Waals surface area contributed by atoms with Gasteiger partial charge in [-0.25, -0.2) is 9.37 Å². The van der Waals surface area contributed by atoms with E-state index >= 15 is 0 Å². The van der Waals surface area contributed by atoms with E-state index in [-0.39, 0.29) is 18.5 Å². The van der Waals surface area contributed by atoms with Gasteiger partial charge in [-0.05, 0) is 49.0 Å². The lowest BCUT2D eigenvalue weighted by Crippen LogP contribution is -2.35. The highest BCUT2D eigenvalue weighted by atomic mass is 19.1. The summed E-state index contributed by atoms with van der Waals surface area (Å²) in [6.45, 7) is 4.18. The number of pyridine rings is 1. The molecule has 1 saturated heterocycles. The molecule has 4 heterocycles. The van der Waals surface area contributed by atoms with E-state index in [0.717, 1.165) is 66.6 Å². The molecule has 2 aliphatic heterocycles. The number of aromatic nitrogens is 3. The van der Waals surface area contributed by atoms with Gasteiger partial charge >= 0.3 is 0 Å². The lowest BCUT2D eigenvalue weighted by Gasteiger charge is -2.27. The predicted octanol–water partition coefficient (Wildman–Crippen LogP) is 2.82. The lowest BCUT2D eigenvalue weighted by atomic mass is 9.97. The van der Waals surface area contributed by atoms with Crippen molar-refractivity contribution in [1.29, 1.82) is 0 Å². The number of nitrogens with zero attached hydrogens (tertiary/aromatic N) is 4. The van der Waals surface area contributed by atoms with Crippen LogP contribution in [0.2, 0.25) is 0 Å². The normalized spacial score (nSPS) is 17.6. The summed E-state index contributed by atoms with van der Waals surface area (Å²) in [5.41, 5.74) is 3.26. The van der Waals surface area contributed by atoms with Crippen molar-refractivity contribution in [3.05, 3.63) is 42.4 Å². The van der Waals surface area contributed by atoms with Gasteiger partial charge in [0.15, 0.2) is 0 Å². The Bertz CT molecular complexity index is 1090. The maximum absolute atomic E-state index is 12.8. The number of carbonyl (C=O) groups excluding carboxylic acids is 1. The fourth-order valence-electron chi connectivity index (χ4n) is 4.54. The minimum Gasteiger partial charge on any atom is -0.317 e. The van der Waals surface area contributed by atoms with Gasteiger partial charge in [-0.2, -0.15) is 5.10 Å². The molecule has 2 aliphatic rings. The fourth-order valence-corrected chi connectivity index (χ4v) is 4.54. The molecule has 0 saturated carbocycles. The van der Waals surface area contributed by atoms with Crippen molar-refractivity contribution >= 4 is 22.5 Å². The smallest absolute Gasteiger partial charge is 0.228 e. The van der Waals surface area contributed by atoms with Gasteiger partial charge in [0.2, 0.25) is 5.91 Å². The third kappa shape index (κ3) is 4.18. The Morgan fingerprint density at radius 3 is 2.87 bits per heavy atom. The molecule has 1 aromatic carbocycles. The number of alkyl halides is 1. The first kappa shape index (κ1) is 20.1. The monoisotopic (exact) mass is 422 g/mol. The van der Waals surface area contributed by atoms with Crippen LogP contribution in [-0.4, -0.2) is 58.4 Å². The van der Waals surface area contributed by atoms with Gasteiger partial charge in [0.25, 0.3) is 0 Å². The van der Waals surface area contributed by atoms with Gasteiger partial charge in [-0.15, -0.1) is 0 Å². The van der Waals surface area contributed by atoms with Crippen LogP contribution in [0.4, 0.5) is 10.2 Å². The summed E-state index contributed by atoms with van der Waals surface area (Å²) in [7, 11) is 0. The summed E-state index contributed by atoms with van der Waals surface area (Å²) in [6, 6.07) is 8.16. The van der Waals surface area contributed by atoms with E-state index in [1.54, 1.807) is 6.20 Å². The van der Waals surface area contributed by atoms with E-state index in [2.05, 4.69) is 37.7 Å². The molecule has 0 atom stereocenters. The van der Waals surface area contributed by atoms with E-state index in [1.807, 2.05) is 23.0 Å². The minimum absolute atomic E-state index is 0.0382. The largest absolute Gasteiger partial charge is 0.317 e. The Morgan fingerprint density at radius 2 is 2.03 bits per heavy atom. The van der Waals surface area contributed by atoms with Crippen LogP contribution in [0, 0.1) is 5.92 Å². The number of piperidine rings is 1. The average Bonchev–Trinajstić information content (AvgIpc) is 3.23. The Kier molecular flexibility index (Phi) is 5.65. The summed E-state index contributed by atoms with van der Waals surface area (Å²) >= 11 is 0. The van der Waals surface area contributed by atoms with Crippen LogP contribution in [0.25, 0.3) is 21.9 Å². The van der Waals surface area contributed by atoms with E-state index < -0.39 is 0 Å². The van der Waals surface area contributed by atoms with Crippen molar-refractivity contribution in [2.24, 2.45) is 5.92 Å². The number of halogens is 1. The van der Waals surface area contributed by atoms with Gasteiger partial charge in [-0.1, -0.05) is 12.1 Å². The van der Waals surface area contributed by atoms with Crippen LogP contribution >= 0.6 is 0 Å². The molecule has 7 nitrogen and oxygen atoms in total. The van der Waals surface area contributed by atoms with Gasteiger partial charge in [0.05, 0.1) is 18.4 Å². The first-order valence-corrected chi connectivity index (χ1v) is 11.0. The topological polar surface area (TPSA) is 75.1 Å². The van der Waals surface area contributed by atoms with E-state index in [1.165, 1.54) is 0 Å². The molecule has 0 bridgehead atoms. The Labute approximate surface area is 180 Å². The van der Waals surface area contributed by atoms with Crippen molar-refractivity contribution in [2.75, 3.05) is 38.2 Å². The number of hydrogen-bond donors (Lipinski definition) is 2. The highest BCUT2D eigenvalue weighted by Gasteiger charge is 2.22. The molecule has 1 fully saturated rings. The van der Waals surface area contributed by atoms with E-state index in [4.69, 9.17) is 0 Å². The number of benzene rings is 1. The Hall–Kier alpha value is -2.84. The number of hydrogen-bond acceptors (Lipinski definition) is 5. The molecule has 2 N–H and O–H groups in total. The zero-order valence-corrected chi connectivity index (χ0v) is 17.5. The van der Waals surface area contributed by atoms with Gasteiger partial charge < -0.3 is 10.6 Å². The zero-order valence-electron chi connectivity index (χ0n) is 17.5. The highest BCUT2D eigenvalue weighted by molar-refractivity contribution is 5.95. The number of rotatable bonds is 5. The highest BCUT2D eigenvalue weighted by Crippen LogP contribution is 2.30. The average molecular weight is 423 g/mol. The maximum atomic E-state index is 12.8. The molecular weight excluding hydrogens is 395 g/mol. The van der Waals surface area contributed by atoms with Crippen molar-refractivity contribution in [3.8, 4) is 11.1 Å². The second-order valence-corrected chi connectivity index (χ2v) is 8.34. The van der Waals surface area contributed by atoms with Crippen LogP contribution in [0.15, 0.2) is 36.7 Å². The summed E-state index contributed by atoms with van der Waals surface area (Å²) in [5.74, 6) is 0.666. The number of amides is 1. The standard InChI is InChI=1S/C23H27FN6O/c24-5-8-29-9-10-30-21(15-29)20(14-27-30)17-1-2-18-13-26-22(12-19(18)11-17)28-23(31)16-3-6-25-7-4-16/h1-2,11-14,16,25H,3-10,15H2,(H,26,28,31). The van der Waals surface area contributed by atoms with Crippen LogP contribution < -0.4 is 10.6 Å². The molecule has 162 valence electrons. The first-order valence-electron chi connectivity index (χ1n) is 11.0. The predicted molar refractivity (Wildman–Crippen MR) is 118 cm³/mol. The van der Waals surface area contributed by atoms with E-state index in [0.29, 0.717) is 18.9 Å². The third-order valence-corrected chi connectivity index (χ3v) is 6.34. The van der Waals surface area contributed by atoms with Gasteiger partial charge in [-0.3, -0.25) is 14.4 Å². The summed E-state index contributed by atoms with van der Waals surface area (Å²) in [5, 5.41) is 12.8. The van der Waals surface area contributed by atoms with Gasteiger partial charge in [0, 0.05) is 42.7 Å². The molecule has 31 heavy (non-hydrogen) atoms. The second kappa shape index (κ2) is 8.72. The second-order valence-electron chi connectivity index (χ2n) is 8.34. The lowest BCUT2D eigenvalue weighted by molar-refractivity contribution is -0.120. The van der Waals surface area contributed by atoms with Crippen molar-refractivity contribution in [2.45, 2.75) is 25.9 Å². The van der Waals surface area contributed by atoms with Crippen molar-refractivity contribution < 1.29 is 9.18 Å². The summed E-state index contributed by atoms with van der Waals surface area (Å²) in [4.78, 5) is 19.1. The number of fused-ring (bicyclic) bond motifs is 2. The zero-order chi connectivity index (χ0) is 21.2. The molecule has 0 aliphatic carbocycles. The van der Waals surface area contributed by atoms with Crippen LogP contribution in [0.5, 0.6) is 0 Å². The molecule has 2 aromatic heterocycles. The molecule has 8 heteroatoms. The van der Waals surface area contributed by atoms with Crippen molar-refractivity contribution in [3.63, 3.8) is 0 Å². The van der Waals surface area contributed by atoms with E-state index in [9.17, 15) is 9.18 Å². The van der Waals surface area contributed by atoms with Crippen LogP contribution in [0.3, 0.4) is 0 Å². The molecule has 3 aromatic rings. The number of anilines is 1. The third-order valence-electron chi connectivity index (χ3n) is 6.34. The molecule has 0 spiro atoms. The van der Waals surface area contributed by atoms with Gasteiger partial charge in [0.1, 0.15) is 12.5 Å². The SMILES string of the molecule is O=C(Nc1cc2cc(-c3cnn4c3CN(CCF)CC4)ccc2cn1)C1CCNCC1. The minimum atomic E-state index is -0.335. The van der Waals surface area contributed by atoms with Crippen molar-refractivity contribution in [1.82, 2.24) is 25.0 Å². The summed E-state index contributed by atoms with van der Waals surface area (Å²) in [6.07, 6.45) is 5.41. The molecule has 0 radical (unpaired) electrons. The Balaban J connectivity index is 1.40. The molecular formula is C23H27FN6O. The molecule has 0 unspecified atom stereocenters. The number of carbonyl (C=O) groups is 1. The first-order chi connectivity index (χ1) is 15.2. The quantitative estimate of drug-likeness (QED) is 0.661. The molecule has 5 rings (SSSR count). The number of nitrogens with one attached hydrogen (secondary N) is 2. The van der Waals surface area contributed by atoms with Crippen LogP contribution in [0.1, 0.15) is 18.5 Å². The fraction of sp³-hybridized carbons (Fsp3) is 0.435.